The van der Waals surface area contributed by atoms with Crippen LogP contribution >= 0.6 is 0 Å². The van der Waals surface area contributed by atoms with E-state index in [-0.39, 0.29) is 11.8 Å². The van der Waals surface area contributed by atoms with Gasteiger partial charge in [0.2, 0.25) is 0 Å². The lowest BCUT2D eigenvalue weighted by molar-refractivity contribution is 0.367. The van der Waals surface area contributed by atoms with E-state index in [1.54, 1.807) is 13.2 Å². The number of para-hydroxylation sites is 1. The molecule has 0 bridgehead atoms. The van der Waals surface area contributed by atoms with Crippen molar-refractivity contribution in [3.8, 4) is 11.5 Å². The smallest absolute Gasteiger partial charge is 0.162 e. The van der Waals surface area contributed by atoms with Crippen LogP contribution in [0.5, 0.6) is 11.5 Å². The van der Waals surface area contributed by atoms with Crippen molar-refractivity contribution < 1.29 is 9.84 Å². The van der Waals surface area contributed by atoms with E-state index in [1.165, 1.54) is 0 Å². The van der Waals surface area contributed by atoms with E-state index in [0.29, 0.717) is 11.7 Å². The van der Waals surface area contributed by atoms with E-state index < -0.39 is 0 Å². The molecule has 2 rings (SSSR count). The molecule has 1 atom stereocenters. The van der Waals surface area contributed by atoms with Crippen molar-refractivity contribution in [2.75, 3.05) is 7.11 Å². The summed E-state index contributed by atoms with van der Waals surface area (Å²) in [7, 11) is 1.54. The van der Waals surface area contributed by atoms with Crippen molar-refractivity contribution in [2.45, 2.75) is 18.9 Å². The van der Waals surface area contributed by atoms with Gasteiger partial charge in [0.15, 0.2) is 11.5 Å². The van der Waals surface area contributed by atoms with Crippen molar-refractivity contribution in [2.24, 2.45) is 11.7 Å². The number of phenolic OH excluding ortho intramolecular Hbond substituents is 1. The van der Waals surface area contributed by atoms with Gasteiger partial charge in [-0.15, -0.1) is 0 Å². The lowest BCUT2D eigenvalue weighted by Crippen LogP contribution is -2.12. The zero-order valence-electron chi connectivity index (χ0n) is 8.23. The first-order valence-corrected chi connectivity index (χ1v) is 4.85. The Bertz CT molecular complexity index is 334. The number of ether oxygens (including phenoxy) is 1. The topological polar surface area (TPSA) is 55.5 Å². The molecule has 1 saturated carbocycles. The third-order valence-corrected chi connectivity index (χ3v) is 2.74. The van der Waals surface area contributed by atoms with Gasteiger partial charge in [-0.25, -0.2) is 0 Å². The largest absolute Gasteiger partial charge is 0.504 e. The molecular weight excluding hydrogens is 178 g/mol. The maximum absolute atomic E-state index is 9.83. The van der Waals surface area contributed by atoms with Gasteiger partial charge < -0.3 is 15.6 Å². The van der Waals surface area contributed by atoms with Gasteiger partial charge in [0.05, 0.1) is 7.11 Å². The van der Waals surface area contributed by atoms with E-state index in [9.17, 15) is 5.11 Å². The Kier molecular flexibility index (Phi) is 2.33. The molecule has 0 heterocycles. The van der Waals surface area contributed by atoms with Crippen LogP contribution in [0.2, 0.25) is 0 Å². The first-order valence-electron chi connectivity index (χ1n) is 4.85. The summed E-state index contributed by atoms with van der Waals surface area (Å²) in [5, 5.41) is 9.83. The van der Waals surface area contributed by atoms with Crippen LogP contribution in [0.1, 0.15) is 24.4 Å². The van der Waals surface area contributed by atoms with Gasteiger partial charge in [0, 0.05) is 11.6 Å². The SMILES string of the molecule is COc1cccc([C@H](N)C2CC2)c1O. The molecule has 0 aromatic heterocycles. The second-order valence-corrected chi connectivity index (χ2v) is 3.76. The minimum atomic E-state index is -0.0508. The van der Waals surface area contributed by atoms with Crippen LogP contribution in [0.25, 0.3) is 0 Å². The minimum absolute atomic E-state index is 0.0508. The monoisotopic (exact) mass is 193 g/mol. The van der Waals surface area contributed by atoms with Crippen LogP contribution in [-0.2, 0) is 0 Å². The van der Waals surface area contributed by atoms with Crippen LogP contribution < -0.4 is 10.5 Å². The molecule has 0 unspecified atom stereocenters. The third-order valence-electron chi connectivity index (χ3n) is 2.74. The highest BCUT2D eigenvalue weighted by molar-refractivity contribution is 5.47. The minimum Gasteiger partial charge on any atom is -0.504 e. The predicted octanol–water partition coefficient (Wildman–Crippen LogP) is 1.81. The van der Waals surface area contributed by atoms with Crippen molar-refractivity contribution in [3.05, 3.63) is 23.8 Å². The third kappa shape index (κ3) is 1.55. The van der Waals surface area contributed by atoms with Gasteiger partial charge in [-0.1, -0.05) is 12.1 Å². The number of hydrogen-bond acceptors (Lipinski definition) is 3. The Hall–Kier alpha value is -1.22. The van der Waals surface area contributed by atoms with Gasteiger partial charge in [-0.05, 0) is 24.8 Å². The number of benzene rings is 1. The standard InChI is InChI=1S/C11H15NO2/c1-14-9-4-2-3-8(11(9)13)10(12)7-5-6-7/h2-4,7,10,13H,5-6,12H2,1H3/t10-/m1/s1. The van der Waals surface area contributed by atoms with Crippen LogP contribution in [0.15, 0.2) is 18.2 Å². The van der Waals surface area contributed by atoms with E-state index in [0.717, 1.165) is 18.4 Å². The summed E-state index contributed by atoms with van der Waals surface area (Å²) in [5.74, 6) is 1.22. The molecule has 1 aliphatic carbocycles. The first-order chi connectivity index (χ1) is 6.74. The van der Waals surface area contributed by atoms with Crippen molar-refractivity contribution in [1.29, 1.82) is 0 Å². The Morgan fingerprint density at radius 3 is 2.79 bits per heavy atom. The van der Waals surface area contributed by atoms with Gasteiger partial charge in [-0.2, -0.15) is 0 Å². The number of hydrogen-bond donors (Lipinski definition) is 2. The summed E-state index contributed by atoms with van der Waals surface area (Å²) in [4.78, 5) is 0. The Balaban J connectivity index is 2.31. The highest BCUT2D eigenvalue weighted by Gasteiger charge is 2.31. The highest BCUT2D eigenvalue weighted by atomic mass is 16.5. The maximum Gasteiger partial charge on any atom is 0.162 e. The molecule has 0 amide bonds. The molecule has 3 nitrogen and oxygen atoms in total. The highest BCUT2D eigenvalue weighted by Crippen LogP contribution is 2.43. The molecule has 0 spiro atoms. The second-order valence-electron chi connectivity index (χ2n) is 3.76. The summed E-state index contributed by atoms with van der Waals surface area (Å²) < 4.78 is 5.03. The lowest BCUT2D eigenvalue weighted by atomic mass is 10.0. The maximum atomic E-state index is 9.83. The molecule has 14 heavy (non-hydrogen) atoms. The Morgan fingerprint density at radius 2 is 2.21 bits per heavy atom. The summed E-state index contributed by atoms with van der Waals surface area (Å²) in [6.07, 6.45) is 2.33. The summed E-state index contributed by atoms with van der Waals surface area (Å²) in [5.41, 5.74) is 6.81. The molecule has 1 fully saturated rings. The average molecular weight is 193 g/mol. The summed E-state index contributed by atoms with van der Waals surface area (Å²) in [6.45, 7) is 0. The summed E-state index contributed by atoms with van der Waals surface area (Å²) >= 11 is 0. The number of aromatic hydroxyl groups is 1. The normalized spacial score (nSPS) is 17.9. The van der Waals surface area contributed by atoms with E-state index in [1.807, 2.05) is 12.1 Å². The number of nitrogens with two attached hydrogens (primary N) is 1. The molecule has 76 valence electrons. The molecule has 0 radical (unpaired) electrons. The fraction of sp³-hybridized carbons (Fsp3) is 0.455. The van der Waals surface area contributed by atoms with E-state index in [2.05, 4.69) is 0 Å². The number of phenols is 1. The fourth-order valence-electron chi connectivity index (χ4n) is 1.68. The molecule has 1 aliphatic rings. The Labute approximate surface area is 83.5 Å². The quantitative estimate of drug-likeness (QED) is 0.769. The van der Waals surface area contributed by atoms with Gasteiger partial charge in [0.25, 0.3) is 0 Å². The second kappa shape index (κ2) is 3.50. The molecule has 0 saturated heterocycles. The lowest BCUT2D eigenvalue weighted by Gasteiger charge is -2.14. The Morgan fingerprint density at radius 1 is 1.50 bits per heavy atom. The molecule has 1 aromatic carbocycles. The van der Waals surface area contributed by atoms with Crippen LogP contribution in [-0.4, -0.2) is 12.2 Å². The summed E-state index contributed by atoms with van der Waals surface area (Å²) in [6, 6.07) is 5.40. The number of rotatable bonds is 3. The van der Waals surface area contributed by atoms with Gasteiger partial charge in [-0.3, -0.25) is 0 Å². The number of methoxy groups -OCH3 is 1. The van der Waals surface area contributed by atoms with Gasteiger partial charge >= 0.3 is 0 Å². The molecule has 1 aromatic rings. The molecule has 0 aliphatic heterocycles. The first kappa shape index (κ1) is 9.34. The molecular formula is C11H15NO2. The fourth-order valence-corrected chi connectivity index (χ4v) is 1.68. The van der Waals surface area contributed by atoms with Crippen LogP contribution in [0.4, 0.5) is 0 Å². The van der Waals surface area contributed by atoms with E-state index in [4.69, 9.17) is 10.5 Å². The van der Waals surface area contributed by atoms with Crippen molar-refractivity contribution in [3.63, 3.8) is 0 Å². The average Bonchev–Trinajstić information content (AvgIpc) is 3.00. The van der Waals surface area contributed by atoms with Gasteiger partial charge in [0.1, 0.15) is 0 Å². The predicted molar refractivity (Wildman–Crippen MR) is 54.3 cm³/mol. The van der Waals surface area contributed by atoms with Crippen LogP contribution in [0.3, 0.4) is 0 Å². The van der Waals surface area contributed by atoms with Crippen molar-refractivity contribution >= 4 is 0 Å². The zero-order valence-corrected chi connectivity index (χ0v) is 8.23. The molecule has 3 heteroatoms. The van der Waals surface area contributed by atoms with Crippen molar-refractivity contribution in [1.82, 2.24) is 0 Å². The van der Waals surface area contributed by atoms with Crippen LogP contribution in [0, 0.1) is 5.92 Å². The van der Waals surface area contributed by atoms with E-state index >= 15 is 0 Å². The molecule has 3 N–H and O–H groups in total. The zero-order chi connectivity index (χ0) is 10.1.